The summed E-state index contributed by atoms with van der Waals surface area (Å²) in [6, 6.07) is 0. The van der Waals surface area contributed by atoms with Gasteiger partial charge in [-0.2, -0.15) is 0 Å². The molecule has 1 aromatic rings. The van der Waals surface area contributed by atoms with Gasteiger partial charge in [-0.3, -0.25) is 0 Å². The lowest BCUT2D eigenvalue weighted by atomic mass is 9.93. The molecule has 14 heavy (non-hydrogen) atoms. The number of benzene rings is 1. The predicted octanol–water partition coefficient (Wildman–Crippen LogP) is 4.17. The third kappa shape index (κ3) is 1.47. The van der Waals surface area contributed by atoms with E-state index in [1.807, 2.05) is 13.8 Å². The van der Waals surface area contributed by atoms with Crippen LogP contribution in [0.4, 0.5) is 5.69 Å². The van der Waals surface area contributed by atoms with Crippen molar-refractivity contribution in [3.63, 3.8) is 0 Å². The molecule has 0 radical (unpaired) electrons. The predicted molar refractivity (Wildman–Crippen MR) is 58.9 cm³/mol. The highest BCUT2D eigenvalue weighted by Crippen LogP contribution is 2.32. The van der Waals surface area contributed by atoms with Crippen molar-refractivity contribution in [3.05, 3.63) is 38.3 Å². The van der Waals surface area contributed by atoms with E-state index in [9.17, 15) is 0 Å². The SMILES string of the molecule is Cc1c(C)c(C)c(N=[N+]=[N-])c(C)c1C. The molecule has 0 fully saturated rings. The fourth-order valence-electron chi connectivity index (χ4n) is 1.67. The van der Waals surface area contributed by atoms with E-state index >= 15 is 0 Å². The van der Waals surface area contributed by atoms with E-state index < -0.39 is 0 Å². The zero-order chi connectivity index (χ0) is 10.9. The first-order chi connectivity index (χ1) is 6.50. The van der Waals surface area contributed by atoms with Crippen LogP contribution in [0, 0.1) is 34.6 Å². The van der Waals surface area contributed by atoms with Gasteiger partial charge in [-0.25, -0.2) is 0 Å². The normalized spacial score (nSPS) is 9.79. The molecule has 0 aliphatic heterocycles. The van der Waals surface area contributed by atoms with Crippen molar-refractivity contribution in [2.75, 3.05) is 0 Å². The van der Waals surface area contributed by atoms with E-state index in [-0.39, 0.29) is 0 Å². The maximum absolute atomic E-state index is 8.48. The van der Waals surface area contributed by atoms with Crippen LogP contribution in [0.3, 0.4) is 0 Å². The van der Waals surface area contributed by atoms with Gasteiger partial charge in [0.15, 0.2) is 0 Å². The summed E-state index contributed by atoms with van der Waals surface area (Å²) in [5, 5.41) is 3.75. The third-order valence-electron chi connectivity index (χ3n) is 3.11. The monoisotopic (exact) mass is 189 g/mol. The van der Waals surface area contributed by atoms with Crippen LogP contribution in [-0.4, -0.2) is 0 Å². The molecule has 0 saturated carbocycles. The first-order valence-corrected chi connectivity index (χ1v) is 4.62. The molecule has 0 saturated heterocycles. The summed E-state index contributed by atoms with van der Waals surface area (Å²) < 4.78 is 0. The largest absolute Gasteiger partial charge is 0.0602 e. The molecular weight excluding hydrogens is 174 g/mol. The van der Waals surface area contributed by atoms with E-state index in [0.717, 1.165) is 16.8 Å². The molecule has 0 atom stereocenters. The Kier molecular flexibility index (Phi) is 2.82. The minimum absolute atomic E-state index is 0.785. The summed E-state index contributed by atoms with van der Waals surface area (Å²) in [6.45, 7) is 10.2. The lowest BCUT2D eigenvalue weighted by Gasteiger charge is -2.15. The smallest absolute Gasteiger partial charge is 0.0439 e. The first kappa shape index (κ1) is 10.6. The molecule has 0 amide bonds. The molecule has 1 rings (SSSR count). The second-order valence-electron chi connectivity index (χ2n) is 3.66. The maximum atomic E-state index is 8.48. The topological polar surface area (TPSA) is 48.8 Å². The summed E-state index contributed by atoms with van der Waals surface area (Å²) in [5.41, 5.74) is 15.2. The highest BCUT2D eigenvalue weighted by Gasteiger charge is 2.10. The van der Waals surface area contributed by atoms with Crippen LogP contribution in [0.2, 0.25) is 0 Å². The van der Waals surface area contributed by atoms with Gasteiger partial charge in [0.2, 0.25) is 0 Å². The fourth-order valence-corrected chi connectivity index (χ4v) is 1.67. The molecule has 0 spiro atoms. The van der Waals surface area contributed by atoms with Crippen LogP contribution in [-0.2, 0) is 0 Å². The molecule has 0 aliphatic carbocycles. The van der Waals surface area contributed by atoms with E-state index in [1.165, 1.54) is 16.7 Å². The standard InChI is InChI=1S/C11H15N3/c1-6-7(2)9(4)11(13-14-12)10(5)8(6)3/h1-5H3. The molecule has 0 N–H and O–H groups in total. The lowest BCUT2D eigenvalue weighted by Crippen LogP contribution is -1.95. The maximum Gasteiger partial charge on any atom is 0.0439 e. The van der Waals surface area contributed by atoms with Gasteiger partial charge < -0.3 is 0 Å². The minimum Gasteiger partial charge on any atom is -0.0602 e. The van der Waals surface area contributed by atoms with E-state index in [1.54, 1.807) is 0 Å². The van der Waals surface area contributed by atoms with Crippen molar-refractivity contribution < 1.29 is 0 Å². The highest BCUT2D eigenvalue weighted by atomic mass is 15.1. The minimum atomic E-state index is 0.785. The lowest BCUT2D eigenvalue weighted by molar-refractivity contribution is 1.16. The Morgan fingerprint density at radius 3 is 1.50 bits per heavy atom. The summed E-state index contributed by atoms with van der Waals surface area (Å²) in [7, 11) is 0. The second-order valence-corrected chi connectivity index (χ2v) is 3.66. The summed E-state index contributed by atoms with van der Waals surface area (Å²) in [6.07, 6.45) is 0. The molecule has 0 aliphatic rings. The summed E-state index contributed by atoms with van der Waals surface area (Å²) >= 11 is 0. The van der Waals surface area contributed by atoms with Crippen LogP contribution >= 0.6 is 0 Å². The Bertz CT molecular complexity index is 398. The Hall–Kier alpha value is -1.47. The number of hydrogen-bond acceptors (Lipinski definition) is 1. The van der Waals surface area contributed by atoms with Crippen molar-refractivity contribution >= 4 is 5.69 Å². The molecule has 3 heteroatoms. The van der Waals surface area contributed by atoms with Gasteiger partial charge >= 0.3 is 0 Å². The van der Waals surface area contributed by atoms with Gasteiger partial charge in [0.25, 0.3) is 0 Å². The van der Waals surface area contributed by atoms with Crippen molar-refractivity contribution in [1.29, 1.82) is 0 Å². The van der Waals surface area contributed by atoms with E-state index in [4.69, 9.17) is 5.53 Å². The number of azide groups is 1. The fraction of sp³-hybridized carbons (Fsp3) is 0.455. The van der Waals surface area contributed by atoms with Gasteiger partial charge in [0, 0.05) is 10.6 Å². The van der Waals surface area contributed by atoms with Gasteiger partial charge in [-0.15, -0.1) is 0 Å². The zero-order valence-electron chi connectivity index (χ0n) is 9.34. The van der Waals surface area contributed by atoms with Crippen LogP contribution in [0.5, 0.6) is 0 Å². The van der Waals surface area contributed by atoms with E-state index in [2.05, 4.69) is 30.8 Å². The first-order valence-electron chi connectivity index (χ1n) is 4.62. The van der Waals surface area contributed by atoms with Crippen LogP contribution in [0.25, 0.3) is 10.4 Å². The van der Waals surface area contributed by atoms with Gasteiger partial charge in [-0.1, -0.05) is 5.11 Å². The molecule has 3 nitrogen and oxygen atoms in total. The average Bonchev–Trinajstić information content (AvgIpc) is 2.19. The zero-order valence-corrected chi connectivity index (χ0v) is 9.34. The van der Waals surface area contributed by atoms with Crippen molar-refractivity contribution in [2.45, 2.75) is 34.6 Å². The van der Waals surface area contributed by atoms with Crippen LogP contribution in [0.1, 0.15) is 27.8 Å². The molecule has 74 valence electrons. The number of rotatable bonds is 1. The average molecular weight is 189 g/mol. The van der Waals surface area contributed by atoms with Gasteiger partial charge in [0.05, 0.1) is 0 Å². The molecule has 0 unspecified atom stereocenters. The number of hydrogen-bond donors (Lipinski definition) is 0. The van der Waals surface area contributed by atoms with Crippen molar-refractivity contribution in [3.8, 4) is 0 Å². The van der Waals surface area contributed by atoms with Gasteiger partial charge in [0.1, 0.15) is 0 Å². The number of nitrogens with zero attached hydrogens (tertiary/aromatic N) is 3. The Labute approximate surface area is 84.4 Å². The summed E-state index contributed by atoms with van der Waals surface area (Å²) in [4.78, 5) is 2.86. The highest BCUT2D eigenvalue weighted by molar-refractivity contribution is 5.61. The Balaban J connectivity index is 3.67. The molecular formula is C11H15N3. The quantitative estimate of drug-likeness (QED) is 0.361. The third-order valence-corrected chi connectivity index (χ3v) is 3.11. The molecule has 0 heterocycles. The molecule has 0 aromatic heterocycles. The second kappa shape index (κ2) is 3.72. The Morgan fingerprint density at radius 1 is 0.786 bits per heavy atom. The summed E-state index contributed by atoms with van der Waals surface area (Å²) in [5.74, 6) is 0. The molecule has 0 bridgehead atoms. The van der Waals surface area contributed by atoms with Crippen LogP contribution < -0.4 is 0 Å². The van der Waals surface area contributed by atoms with Crippen LogP contribution in [0.15, 0.2) is 5.11 Å². The van der Waals surface area contributed by atoms with Crippen molar-refractivity contribution in [2.24, 2.45) is 5.11 Å². The van der Waals surface area contributed by atoms with Gasteiger partial charge in [-0.05, 0) is 68.0 Å². The van der Waals surface area contributed by atoms with Crippen molar-refractivity contribution in [1.82, 2.24) is 0 Å². The Morgan fingerprint density at radius 2 is 1.14 bits per heavy atom. The van der Waals surface area contributed by atoms with E-state index in [0.29, 0.717) is 0 Å². The molecule has 1 aromatic carbocycles.